The van der Waals surface area contributed by atoms with Crippen molar-refractivity contribution in [2.24, 2.45) is 0 Å². The summed E-state index contributed by atoms with van der Waals surface area (Å²) in [6.45, 7) is 6.25. The molecule has 438 valence electrons. The fourth-order valence-electron chi connectivity index (χ4n) is 7.55. The summed E-state index contributed by atoms with van der Waals surface area (Å²) in [7, 11) is 0. The molecule has 6 heteroatoms. The second-order valence-corrected chi connectivity index (χ2v) is 19.5. The van der Waals surface area contributed by atoms with E-state index in [9.17, 15) is 14.4 Å². The number of hydrogen-bond acceptors (Lipinski definition) is 6. The molecule has 0 bridgehead atoms. The third kappa shape index (κ3) is 63.0. The van der Waals surface area contributed by atoms with Gasteiger partial charge in [0.25, 0.3) is 0 Å². The molecule has 0 aromatic carbocycles. The highest BCUT2D eigenvalue weighted by atomic mass is 16.6. The van der Waals surface area contributed by atoms with Gasteiger partial charge in [0.05, 0.1) is 0 Å². The van der Waals surface area contributed by atoms with E-state index in [1.165, 1.54) is 25.7 Å². The Balaban J connectivity index is 4.32. The number of carbonyl (C=O) groups is 3. The summed E-state index contributed by atoms with van der Waals surface area (Å²) in [6.07, 6.45) is 99.0. The molecular weight excluding hydrogens is 973 g/mol. The van der Waals surface area contributed by atoms with Gasteiger partial charge in [-0.1, -0.05) is 267 Å². The van der Waals surface area contributed by atoms with Crippen molar-refractivity contribution in [2.45, 2.75) is 232 Å². The van der Waals surface area contributed by atoms with Crippen LogP contribution in [0.25, 0.3) is 0 Å². The summed E-state index contributed by atoms with van der Waals surface area (Å²) in [5, 5.41) is 0. The number of allylic oxidation sites excluding steroid dienone is 32. The monoisotopic (exact) mass is 1080 g/mol. The minimum atomic E-state index is -0.837. The zero-order valence-electron chi connectivity index (χ0n) is 50.0. The van der Waals surface area contributed by atoms with Crippen LogP contribution >= 0.6 is 0 Å². The van der Waals surface area contributed by atoms with Crippen LogP contribution in [0.5, 0.6) is 0 Å². The van der Waals surface area contributed by atoms with Gasteiger partial charge >= 0.3 is 17.9 Å². The molecule has 0 saturated heterocycles. The van der Waals surface area contributed by atoms with Gasteiger partial charge in [0.15, 0.2) is 6.10 Å². The van der Waals surface area contributed by atoms with Crippen LogP contribution in [0.1, 0.15) is 226 Å². The minimum absolute atomic E-state index is 0.125. The molecule has 0 saturated carbocycles. The molecule has 0 N–H and O–H groups in total. The molecule has 0 aromatic heterocycles. The van der Waals surface area contributed by atoms with Crippen molar-refractivity contribution < 1.29 is 28.6 Å². The van der Waals surface area contributed by atoms with Crippen molar-refractivity contribution in [2.75, 3.05) is 13.2 Å². The Morgan fingerprint density at radius 3 is 0.823 bits per heavy atom. The lowest BCUT2D eigenvalue weighted by Crippen LogP contribution is -2.30. The first-order valence-corrected chi connectivity index (χ1v) is 30.9. The van der Waals surface area contributed by atoms with Crippen LogP contribution < -0.4 is 0 Å². The standard InChI is InChI=1S/C73H110O6/c1-4-7-10-13-16-18-20-22-24-26-28-29-30-31-32-33-34-35-36-37-38-39-40-41-42-43-45-46-48-50-52-54-57-60-63-66-72(75)78-69-70(68-77-71(74)65-62-59-56-15-12-9-6-3)79-73(76)67-64-61-58-55-53-51-49-47-44-27-25-23-21-19-17-14-11-8-5-2/h7-8,10-11,16-19,22-25,28-29,31-32,34-35,37-38,40-41,43-45,47-48,50-51,53,58,61,70H,4-6,9,12-15,20-21,26-27,30,33,36,39,42,46,49,52,54-57,59-60,62-69H2,1-3H3/b10-7-,11-8-,18-16-,19-17-,24-22-,25-23-,29-28-,32-31-,35-34-,38-37-,41-40-,45-43-,47-44-,50-48-,53-51-,61-58-. The van der Waals surface area contributed by atoms with Crippen LogP contribution in [0.15, 0.2) is 194 Å². The summed E-state index contributed by atoms with van der Waals surface area (Å²) in [5.41, 5.74) is 0. The van der Waals surface area contributed by atoms with Crippen LogP contribution in [0.3, 0.4) is 0 Å². The summed E-state index contributed by atoms with van der Waals surface area (Å²) < 4.78 is 16.7. The molecule has 79 heavy (non-hydrogen) atoms. The number of carbonyl (C=O) groups excluding carboxylic acids is 3. The normalized spacial score (nSPS) is 13.5. The second kappa shape index (κ2) is 64.8. The predicted octanol–water partition coefficient (Wildman–Crippen LogP) is 21.4. The lowest BCUT2D eigenvalue weighted by Gasteiger charge is -2.18. The zero-order valence-corrected chi connectivity index (χ0v) is 50.0. The molecule has 1 atom stereocenters. The molecule has 0 amide bonds. The number of hydrogen-bond donors (Lipinski definition) is 0. The molecule has 0 aliphatic heterocycles. The quantitative estimate of drug-likeness (QED) is 0.0261. The van der Waals surface area contributed by atoms with E-state index < -0.39 is 12.1 Å². The fraction of sp³-hybridized carbons (Fsp3) is 0.521. The van der Waals surface area contributed by atoms with Crippen molar-refractivity contribution in [1.82, 2.24) is 0 Å². The highest BCUT2D eigenvalue weighted by Gasteiger charge is 2.19. The van der Waals surface area contributed by atoms with Gasteiger partial charge in [-0.05, 0) is 135 Å². The Kier molecular flexibility index (Phi) is 60.1. The minimum Gasteiger partial charge on any atom is -0.462 e. The van der Waals surface area contributed by atoms with Crippen molar-refractivity contribution in [3.63, 3.8) is 0 Å². The maximum absolute atomic E-state index is 12.8. The fourth-order valence-corrected chi connectivity index (χ4v) is 7.55. The van der Waals surface area contributed by atoms with Gasteiger partial charge in [0.2, 0.25) is 0 Å². The molecule has 0 rings (SSSR count). The second-order valence-electron chi connectivity index (χ2n) is 19.5. The van der Waals surface area contributed by atoms with Gasteiger partial charge in [-0.3, -0.25) is 14.4 Å². The van der Waals surface area contributed by atoms with Crippen molar-refractivity contribution in [3.05, 3.63) is 194 Å². The van der Waals surface area contributed by atoms with E-state index in [0.717, 1.165) is 154 Å². The summed E-state index contributed by atoms with van der Waals surface area (Å²) in [4.78, 5) is 38.0. The molecule has 1 unspecified atom stereocenters. The zero-order chi connectivity index (χ0) is 57.1. The van der Waals surface area contributed by atoms with Gasteiger partial charge in [-0.25, -0.2) is 0 Å². The molecule has 0 aromatic rings. The highest BCUT2D eigenvalue weighted by molar-refractivity contribution is 5.71. The number of rotatable bonds is 53. The summed E-state index contributed by atoms with van der Waals surface area (Å²) in [6, 6.07) is 0. The van der Waals surface area contributed by atoms with Gasteiger partial charge in [-0.15, -0.1) is 0 Å². The van der Waals surface area contributed by atoms with E-state index in [-0.39, 0.29) is 31.6 Å². The van der Waals surface area contributed by atoms with Crippen molar-refractivity contribution in [1.29, 1.82) is 0 Å². The maximum Gasteiger partial charge on any atom is 0.306 e. The summed E-state index contributed by atoms with van der Waals surface area (Å²) in [5.74, 6) is -1.06. The van der Waals surface area contributed by atoms with E-state index in [2.05, 4.69) is 203 Å². The van der Waals surface area contributed by atoms with Crippen molar-refractivity contribution >= 4 is 17.9 Å². The molecule has 0 aliphatic carbocycles. The molecule has 0 heterocycles. The first-order chi connectivity index (χ1) is 39.0. The van der Waals surface area contributed by atoms with Crippen molar-refractivity contribution in [3.8, 4) is 0 Å². The van der Waals surface area contributed by atoms with Crippen LogP contribution in [0.4, 0.5) is 0 Å². The predicted molar refractivity (Wildman–Crippen MR) is 343 cm³/mol. The van der Waals surface area contributed by atoms with E-state index in [1.807, 2.05) is 12.2 Å². The van der Waals surface area contributed by atoms with E-state index >= 15 is 0 Å². The van der Waals surface area contributed by atoms with Gasteiger partial charge in [0, 0.05) is 19.3 Å². The van der Waals surface area contributed by atoms with Crippen LogP contribution in [-0.2, 0) is 28.6 Å². The molecule has 0 spiro atoms. The number of esters is 3. The largest absolute Gasteiger partial charge is 0.462 e. The lowest BCUT2D eigenvalue weighted by atomic mass is 10.1. The van der Waals surface area contributed by atoms with E-state index in [1.54, 1.807) is 0 Å². The van der Waals surface area contributed by atoms with E-state index in [4.69, 9.17) is 14.2 Å². The topological polar surface area (TPSA) is 78.9 Å². The van der Waals surface area contributed by atoms with Gasteiger partial charge in [0.1, 0.15) is 13.2 Å². The van der Waals surface area contributed by atoms with Crippen LogP contribution in [0.2, 0.25) is 0 Å². The Morgan fingerprint density at radius 1 is 0.266 bits per heavy atom. The SMILES string of the molecule is CC/C=C\C/C=C\C/C=C\C/C=C\C/C=C\C/C=C\C/C=C\C/C=C\C/C=C\C/C=C\CCCCCCC(=O)OCC(COC(=O)CCCCCCCCC)OC(=O)CC/C=C\C/C=C\C/C=C\C/C=C\C/C=C\C/C=C\CC. The molecule has 0 radical (unpaired) electrons. The Hall–Kier alpha value is -5.75. The third-order valence-corrected chi connectivity index (χ3v) is 12.1. The highest BCUT2D eigenvalue weighted by Crippen LogP contribution is 2.12. The maximum atomic E-state index is 12.8. The lowest BCUT2D eigenvalue weighted by molar-refractivity contribution is -0.166. The molecular formula is C73H110O6. The molecule has 6 nitrogen and oxygen atoms in total. The first kappa shape index (κ1) is 73.2. The third-order valence-electron chi connectivity index (χ3n) is 12.1. The van der Waals surface area contributed by atoms with Gasteiger partial charge < -0.3 is 14.2 Å². The van der Waals surface area contributed by atoms with Crippen LogP contribution in [0, 0.1) is 0 Å². The number of unbranched alkanes of at least 4 members (excludes halogenated alkanes) is 10. The summed E-state index contributed by atoms with van der Waals surface area (Å²) >= 11 is 0. The van der Waals surface area contributed by atoms with Gasteiger partial charge in [-0.2, -0.15) is 0 Å². The Bertz CT molecular complexity index is 1920. The Morgan fingerprint density at radius 2 is 0.519 bits per heavy atom. The first-order valence-electron chi connectivity index (χ1n) is 30.9. The molecule has 0 aliphatic rings. The smallest absolute Gasteiger partial charge is 0.306 e. The molecule has 0 fully saturated rings. The average molecular weight is 1080 g/mol. The van der Waals surface area contributed by atoms with E-state index in [0.29, 0.717) is 19.3 Å². The van der Waals surface area contributed by atoms with Crippen LogP contribution in [-0.4, -0.2) is 37.2 Å². The Labute approximate surface area is 484 Å². The average Bonchev–Trinajstić information content (AvgIpc) is 3.45. The number of ether oxygens (including phenoxy) is 3.